The van der Waals surface area contributed by atoms with Crippen LogP contribution in [0.25, 0.3) is 0 Å². The molecule has 2 amide bonds. The minimum Gasteiger partial charge on any atom is -0.349 e. The van der Waals surface area contributed by atoms with Gasteiger partial charge in [-0.1, -0.05) is 48.5 Å². The number of ether oxygens (including phenoxy) is 1. The van der Waals surface area contributed by atoms with Crippen molar-refractivity contribution >= 4 is 29.1 Å². The lowest BCUT2D eigenvalue weighted by atomic mass is 9.77. The van der Waals surface area contributed by atoms with Crippen molar-refractivity contribution < 1.29 is 28.3 Å². The Morgan fingerprint density at radius 3 is 2.09 bits per heavy atom. The number of carbonyl (C=O) groups excluding carboxylic acids is 4. The molecule has 0 aromatic heterocycles. The monoisotopic (exact) mass is 455 g/mol. The van der Waals surface area contributed by atoms with E-state index in [1.54, 1.807) is 30.3 Å². The van der Waals surface area contributed by atoms with Gasteiger partial charge in [-0.25, -0.2) is 9.29 Å². The molecule has 168 valence electrons. The molecule has 2 saturated heterocycles. The van der Waals surface area contributed by atoms with Gasteiger partial charge in [0.15, 0.2) is 0 Å². The van der Waals surface area contributed by atoms with Gasteiger partial charge >= 0.3 is 0 Å². The molecule has 6 rings (SSSR count). The maximum atomic E-state index is 13.8. The molecular weight excluding hydrogens is 437 g/mol. The van der Waals surface area contributed by atoms with Gasteiger partial charge in [-0.05, 0) is 42.3 Å². The molecule has 1 aliphatic carbocycles. The van der Waals surface area contributed by atoms with Crippen molar-refractivity contribution in [2.75, 3.05) is 4.90 Å². The van der Waals surface area contributed by atoms with Crippen LogP contribution in [0.2, 0.25) is 0 Å². The van der Waals surface area contributed by atoms with E-state index in [9.17, 15) is 23.6 Å². The van der Waals surface area contributed by atoms with Crippen molar-refractivity contribution in [1.82, 2.24) is 0 Å². The Hall–Kier alpha value is -3.97. The van der Waals surface area contributed by atoms with Crippen molar-refractivity contribution in [2.45, 2.75) is 18.6 Å². The summed E-state index contributed by atoms with van der Waals surface area (Å²) in [5.74, 6) is -5.38. The van der Waals surface area contributed by atoms with E-state index in [4.69, 9.17) is 4.74 Å². The molecule has 0 bridgehead atoms. The summed E-state index contributed by atoms with van der Waals surface area (Å²) in [5.41, 5.74) is -0.180. The Morgan fingerprint density at radius 1 is 0.824 bits per heavy atom. The van der Waals surface area contributed by atoms with E-state index < -0.39 is 52.7 Å². The molecule has 34 heavy (non-hydrogen) atoms. The number of benzene rings is 3. The van der Waals surface area contributed by atoms with Crippen molar-refractivity contribution in [1.29, 1.82) is 0 Å². The predicted octanol–water partition coefficient (Wildman–Crippen LogP) is 3.83. The van der Waals surface area contributed by atoms with E-state index in [-0.39, 0.29) is 11.1 Å². The van der Waals surface area contributed by atoms with E-state index in [0.717, 1.165) is 10.5 Å². The Kier molecular flexibility index (Phi) is 4.25. The summed E-state index contributed by atoms with van der Waals surface area (Å²) in [6, 6.07) is 18.5. The number of hydrogen-bond acceptors (Lipinski definition) is 5. The van der Waals surface area contributed by atoms with Gasteiger partial charge in [0, 0.05) is 11.1 Å². The first-order valence-corrected chi connectivity index (χ1v) is 10.9. The second-order valence-electron chi connectivity index (χ2n) is 8.88. The largest absolute Gasteiger partial charge is 0.349 e. The number of Topliss-reactive ketones (excluding diaryl/α,β-unsaturated/α-hetero) is 2. The molecule has 0 saturated carbocycles. The number of carbonyl (C=O) groups is 4. The van der Waals surface area contributed by atoms with Gasteiger partial charge in [0.2, 0.25) is 29.0 Å². The van der Waals surface area contributed by atoms with Gasteiger partial charge in [-0.2, -0.15) is 0 Å². The van der Waals surface area contributed by atoms with Crippen molar-refractivity contribution in [3.63, 3.8) is 0 Å². The van der Waals surface area contributed by atoms with Crippen molar-refractivity contribution in [3.8, 4) is 0 Å². The maximum absolute atomic E-state index is 13.8. The smallest absolute Gasteiger partial charge is 0.241 e. The summed E-state index contributed by atoms with van der Waals surface area (Å²) in [7, 11) is 0. The molecule has 3 atom stereocenters. The Labute approximate surface area is 193 Å². The zero-order valence-corrected chi connectivity index (χ0v) is 18.0. The predicted molar refractivity (Wildman–Crippen MR) is 119 cm³/mol. The first kappa shape index (κ1) is 20.6. The minimum atomic E-state index is -2.14. The highest BCUT2D eigenvalue weighted by Crippen LogP contribution is 2.57. The van der Waals surface area contributed by atoms with Gasteiger partial charge < -0.3 is 4.74 Å². The van der Waals surface area contributed by atoms with Gasteiger partial charge in [-0.3, -0.25) is 19.2 Å². The zero-order chi connectivity index (χ0) is 23.8. The maximum Gasteiger partial charge on any atom is 0.241 e. The number of anilines is 1. The molecule has 2 fully saturated rings. The number of aryl methyl sites for hydroxylation is 1. The number of hydrogen-bond donors (Lipinski definition) is 0. The number of ketones is 2. The van der Waals surface area contributed by atoms with Gasteiger partial charge in [0.1, 0.15) is 5.82 Å². The fourth-order valence-corrected chi connectivity index (χ4v) is 5.49. The summed E-state index contributed by atoms with van der Waals surface area (Å²) in [5, 5.41) is 0. The molecule has 1 spiro atoms. The quantitative estimate of drug-likeness (QED) is 0.433. The third kappa shape index (κ3) is 2.53. The van der Waals surface area contributed by atoms with Gasteiger partial charge in [-0.15, -0.1) is 0 Å². The second-order valence-corrected chi connectivity index (χ2v) is 8.88. The lowest BCUT2D eigenvalue weighted by Gasteiger charge is -2.27. The standard InChI is InChI=1S/C27H18FNO5/c1-14-5-4-6-17(13-14)29-25(32)20-21(26(29)33)27(34-22(20)15-9-11-16(28)12-10-15)23(30)18-7-2-3-8-19(18)24(27)31/h2-13,20-22H,1H3/t20-,21+,22+/m0/s1. The van der Waals surface area contributed by atoms with Crippen LogP contribution in [0.4, 0.5) is 10.1 Å². The fourth-order valence-electron chi connectivity index (χ4n) is 5.49. The molecule has 2 aliphatic heterocycles. The van der Waals surface area contributed by atoms with Crippen LogP contribution in [0.3, 0.4) is 0 Å². The van der Waals surface area contributed by atoms with Crippen LogP contribution in [0, 0.1) is 24.6 Å². The average molecular weight is 455 g/mol. The Balaban J connectivity index is 1.55. The third-order valence-electron chi connectivity index (χ3n) is 6.98. The zero-order valence-electron chi connectivity index (χ0n) is 18.0. The van der Waals surface area contributed by atoms with Crippen LogP contribution < -0.4 is 4.90 Å². The van der Waals surface area contributed by atoms with Gasteiger partial charge in [0.25, 0.3) is 0 Å². The van der Waals surface area contributed by atoms with E-state index in [2.05, 4.69) is 0 Å². The van der Waals surface area contributed by atoms with E-state index in [1.165, 1.54) is 36.4 Å². The summed E-state index contributed by atoms with van der Waals surface area (Å²) in [4.78, 5) is 55.9. The molecule has 7 heteroatoms. The summed E-state index contributed by atoms with van der Waals surface area (Å²) >= 11 is 0. The van der Waals surface area contributed by atoms with E-state index in [1.807, 2.05) is 13.0 Å². The number of halogens is 1. The molecule has 3 aromatic carbocycles. The highest BCUT2D eigenvalue weighted by molar-refractivity contribution is 6.37. The number of rotatable bonds is 2. The molecule has 0 radical (unpaired) electrons. The second kappa shape index (κ2) is 7.01. The summed E-state index contributed by atoms with van der Waals surface area (Å²) in [6.45, 7) is 1.84. The van der Waals surface area contributed by atoms with Crippen LogP contribution in [-0.4, -0.2) is 29.0 Å². The summed E-state index contributed by atoms with van der Waals surface area (Å²) < 4.78 is 19.8. The SMILES string of the molecule is Cc1cccc(N2C(=O)[C@@H]3[C@@H](c4ccc(F)cc4)OC4(C(=O)c5ccccc5C4=O)[C@H]3C2=O)c1. The lowest BCUT2D eigenvalue weighted by Crippen LogP contribution is -2.51. The fraction of sp³-hybridized carbons (Fsp3) is 0.185. The topological polar surface area (TPSA) is 80.8 Å². The molecule has 3 aromatic rings. The van der Waals surface area contributed by atoms with Crippen LogP contribution >= 0.6 is 0 Å². The molecule has 6 nitrogen and oxygen atoms in total. The van der Waals surface area contributed by atoms with Crippen molar-refractivity contribution in [2.24, 2.45) is 11.8 Å². The van der Waals surface area contributed by atoms with Gasteiger partial charge in [0.05, 0.1) is 23.6 Å². The number of nitrogens with zero attached hydrogens (tertiary/aromatic N) is 1. The Bertz CT molecular complexity index is 1380. The average Bonchev–Trinajstić information content (AvgIpc) is 3.40. The molecule has 3 aliphatic rings. The van der Waals surface area contributed by atoms with Crippen LogP contribution in [0.5, 0.6) is 0 Å². The van der Waals surface area contributed by atoms with Crippen LogP contribution in [0.15, 0.2) is 72.8 Å². The lowest BCUT2D eigenvalue weighted by molar-refractivity contribution is -0.127. The van der Waals surface area contributed by atoms with Crippen LogP contribution in [-0.2, 0) is 14.3 Å². The van der Waals surface area contributed by atoms with Crippen LogP contribution in [0.1, 0.15) is 37.9 Å². The van der Waals surface area contributed by atoms with E-state index in [0.29, 0.717) is 11.3 Å². The number of amides is 2. The molecule has 0 unspecified atom stereocenters. The molecule has 0 N–H and O–H groups in total. The Morgan fingerprint density at radius 2 is 1.47 bits per heavy atom. The normalized spacial score (nSPS) is 24.8. The first-order chi connectivity index (χ1) is 16.3. The van der Waals surface area contributed by atoms with Crippen molar-refractivity contribution in [3.05, 3.63) is 101 Å². The summed E-state index contributed by atoms with van der Waals surface area (Å²) in [6.07, 6.45) is -1.07. The number of imide groups is 1. The minimum absolute atomic E-state index is 0.167. The molecular formula is C27H18FNO5. The molecule has 2 heterocycles. The number of fused-ring (bicyclic) bond motifs is 3. The highest BCUT2D eigenvalue weighted by Gasteiger charge is 2.74. The first-order valence-electron chi connectivity index (χ1n) is 10.9. The highest BCUT2D eigenvalue weighted by atomic mass is 19.1. The van der Waals surface area contributed by atoms with E-state index >= 15 is 0 Å². The third-order valence-corrected chi connectivity index (χ3v) is 6.98.